The number of carbonyl (C=O) groups is 2. The Hall–Kier alpha value is -3.35. The third-order valence-corrected chi connectivity index (χ3v) is 4.08. The van der Waals surface area contributed by atoms with Crippen molar-refractivity contribution in [2.75, 3.05) is 16.8 Å². The van der Waals surface area contributed by atoms with E-state index in [0.717, 1.165) is 11.0 Å². The number of aromatic nitrogens is 2. The molecule has 25 heavy (non-hydrogen) atoms. The average molecular weight is 336 g/mol. The number of nitrogens with one attached hydrogen (secondary N) is 2. The largest absolute Gasteiger partial charge is 0.476 e. The maximum atomic E-state index is 12.6. The third-order valence-electron chi connectivity index (χ3n) is 4.08. The van der Waals surface area contributed by atoms with E-state index in [1.807, 2.05) is 30.3 Å². The summed E-state index contributed by atoms with van der Waals surface area (Å²) in [6, 6.07) is 14.7. The zero-order valence-electron chi connectivity index (χ0n) is 13.5. The van der Waals surface area contributed by atoms with Crippen LogP contribution in [0.1, 0.15) is 6.92 Å². The van der Waals surface area contributed by atoms with Gasteiger partial charge < -0.3 is 14.6 Å². The predicted octanol–water partition coefficient (Wildman–Crippen LogP) is 2.32. The number of imidazole rings is 1. The van der Waals surface area contributed by atoms with Crippen LogP contribution in [0.2, 0.25) is 0 Å². The topological polar surface area (TPSA) is 87.3 Å². The summed E-state index contributed by atoms with van der Waals surface area (Å²) in [4.78, 5) is 33.4. The van der Waals surface area contributed by atoms with Crippen molar-refractivity contribution in [1.82, 2.24) is 9.97 Å². The van der Waals surface area contributed by atoms with Crippen LogP contribution in [0.4, 0.5) is 11.6 Å². The molecule has 0 saturated heterocycles. The van der Waals surface area contributed by atoms with E-state index in [0.29, 0.717) is 17.4 Å². The molecule has 2 heterocycles. The number of H-pyrrole nitrogens is 1. The number of hydrogen-bond acceptors (Lipinski definition) is 4. The molecule has 126 valence electrons. The highest BCUT2D eigenvalue weighted by molar-refractivity contribution is 5.99. The minimum Gasteiger partial charge on any atom is -0.476 e. The van der Waals surface area contributed by atoms with E-state index < -0.39 is 6.10 Å². The van der Waals surface area contributed by atoms with Crippen LogP contribution in [0, 0.1) is 0 Å². The van der Waals surface area contributed by atoms with Crippen LogP contribution >= 0.6 is 0 Å². The lowest BCUT2D eigenvalue weighted by Gasteiger charge is -2.33. The summed E-state index contributed by atoms with van der Waals surface area (Å²) in [6.45, 7) is 1.62. The molecule has 7 nitrogen and oxygen atoms in total. The van der Waals surface area contributed by atoms with Gasteiger partial charge >= 0.3 is 0 Å². The van der Waals surface area contributed by atoms with Crippen molar-refractivity contribution < 1.29 is 14.3 Å². The van der Waals surface area contributed by atoms with Crippen molar-refractivity contribution in [1.29, 1.82) is 0 Å². The molecular weight excluding hydrogens is 320 g/mol. The third kappa shape index (κ3) is 2.80. The molecule has 0 radical (unpaired) electrons. The molecule has 1 aliphatic heterocycles. The molecule has 2 aromatic carbocycles. The van der Waals surface area contributed by atoms with Gasteiger partial charge in [-0.3, -0.25) is 14.9 Å². The number of rotatable bonds is 2. The molecule has 4 rings (SSSR count). The number of fused-ring (bicyclic) bond motifs is 2. The molecule has 1 aliphatic rings. The second kappa shape index (κ2) is 5.94. The lowest BCUT2D eigenvalue weighted by Crippen LogP contribution is -2.48. The van der Waals surface area contributed by atoms with Crippen molar-refractivity contribution >= 4 is 34.5 Å². The van der Waals surface area contributed by atoms with Gasteiger partial charge in [-0.1, -0.05) is 24.3 Å². The van der Waals surface area contributed by atoms with Crippen LogP contribution < -0.4 is 15.0 Å². The smallest absolute Gasteiger partial charge is 0.269 e. The first-order valence-electron chi connectivity index (χ1n) is 7.91. The van der Waals surface area contributed by atoms with Crippen LogP contribution in [0.25, 0.3) is 11.0 Å². The Labute approximate surface area is 143 Å². The van der Waals surface area contributed by atoms with Crippen molar-refractivity contribution in [2.24, 2.45) is 0 Å². The van der Waals surface area contributed by atoms with Crippen molar-refractivity contribution in [2.45, 2.75) is 13.0 Å². The van der Waals surface area contributed by atoms with E-state index in [-0.39, 0.29) is 18.4 Å². The Morgan fingerprint density at radius 3 is 2.76 bits per heavy atom. The van der Waals surface area contributed by atoms with Gasteiger partial charge in [0.05, 0.1) is 23.3 Å². The zero-order chi connectivity index (χ0) is 17.4. The van der Waals surface area contributed by atoms with Gasteiger partial charge in [0, 0.05) is 6.92 Å². The van der Waals surface area contributed by atoms with Crippen LogP contribution in [-0.4, -0.2) is 34.4 Å². The number of para-hydroxylation sites is 4. The van der Waals surface area contributed by atoms with Gasteiger partial charge in [-0.25, -0.2) is 4.98 Å². The summed E-state index contributed by atoms with van der Waals surface area (Å²) in [5.41, 5.74) is 2.26. The molecule has 0 saturated carbocycles. The van der Waals surface area contributed by atoms with Crippen LogP contribution in [0.15, 0.2) is 48.5 Å². The normalized spacial score (nSPS) is 16.2. The molecule has 0 bridgehead atoms. The Morgan fingerprint density at radius 2 is 1.96 bits per heavy atom. The summed E-state index contributed by atoms with van der Waals surface area (Å²) in [7, 11) is 0. The lowest BCUT2D eigenvalue weighted by molar-refractivity contribution is -0.123. The molecule has 0 aliphatic carbocycles. The Balaban J connectivity index is 1.57. The molecule has 0 spiro atoms. The van der Waals surface area contributed by atoms with Crippen LogP contribution in [-0.2, 0) is 9.59 Å². The van der Waals surface area contributed by atoms with Gasteiger partial charge in [-0.15, -0.1) is 0 Å². The number of hydrogen-bond donors (Lipinski definition) is 2. The quantitative estimate of drug-likeness (QED) is 0.752. The standard InChI is InChI=1S/C18H16N4O3/c1-11(23)22-10-16(25-15-9-5-4-8-14(15)22)17(24)21-18-19-12-6-2-3-7-13(12)20-18/h2-9,16H,10H2,1H3,(H2,19,20,21,24)/t16-/m1/s1. The Kier molecular flexibility index (Phi) is 3.61. The van der Waals surface area contributed by atoms with Crippen molar-refractivity contribution in [3.8, 4) is 5.75 Å². The Bertz CT molecular complexity index is 933. The highest BCUT2D eigenvalue weighted by Gasteiger charge is 2.32. The summed E-state index contributed by atoms with van der Waals surface area (Å²) in [5.74, 6) is 0.355. The summed E-state index contributed by atoms with van der Waals surface area (Å²) >= 11 is 0. The average Bonchev–Trinajstić information content (AvgIpc) is 3.02. The highest BCUT2D eigenvalue weighted by Crippen LogP contribution is 2.33. The number of ether oxygens (including phenoxy) is 1. The second-order valence-electron chi connectivity index (χ2n) is 5.80. The first-order valence-corrected chi connectivity index (χ1v) is 7.91. The molecule has 7 heteroatoms. The number of benzene rings is 2. The van der Waals surface area contributed by atoms with Crippen molar-refractivity contribution in [3.63, 3.8) is 0 Å². The van der Waals surface area contributed by atoms with E-state index in [2.05, 4.69) is 15.3 Å². The first-order chi connectivity index (χ1) is 12.1. The summed E-state index contributed by atoms with van der Waals surface area (Å²) < 4.78 is 5.77. The SMILES string of the molecule is CC(=O)N1C[C@H](C(=O)Nc2nc3ccccc3[nH]2)Oc2ccccc21. The number of amides is 2. The van der Waals surface area contributed by atoms with Crippen LogP contribution in [0.3, 0.4) is 0 Å². The molecule has 1 atom stereocenters. The maximum Gasteiger partial charge on any atom is 0.269 e. The zero-order valence-corrected chi connectivity index (χ0v) is 13.5. The minimum atomic E-state index is -0.813. The van der Waals surface area contributed by atoms with Gasteiger partial charge in [-0.05, 0) is 24.3 Å². The van der Waals surface area contributed by atoms with Crippen LogP contribution in [0.5, 0.6) is 5.75 Å². The fraction of sp³-hybridized carbons (Fsp3) is 0.167. The van der Waals surface area contributed by atoms with E-state index in [4.69, 9.17) is 4.74 Å². The monoisotopic (exact) mass is 336 g/mol. The van der Waals surface area contributed by atoms with E-state index in [1.54, 1.807) is 23.1 Å². The Morgan fingerprint density at radius 1 is 1.20 bits per heavy atom. The van der Waals surface area contributed by atoms with Gasteiger partial charge in [0.15, 0.2) is 6.10 Å². The molecule has 2 N–H and O–H groups in total. The van der Waals surface area contributed by atoms with Gasteiger partial charge in [0.2, 0.25) is 11.9 Å². The van der Waals surface area contributed by atoms with Gasteiger partial charge in [0.1, 0.15) is 5.75 Å². The highest BCUT2D eigenvalue weighted by atomic mass is 16.5. The first kappa shape index (κ1) is 15.2. The molecule has 1 aromatic heterocycles. The minimum absolute atomic E-state index is 0.141. The van der Waals surface area contributed by atoms with Gasteiger partial charge in [0.25, 0.3) is 5.91 Å². The second-order valence-corrected chi connectivity index (χ2v) is 5.80. The van der Waals surface area contributed by atoms with Crippen molar-refractivity contribution in [3.05, 3.63) is 48.5 Å². The van der Waals surface area contributed by atoms with E-state index in [9.17, 15) is 9.59 Å². The van der Waals surface area contributed by atoms with E-state index in [1.165, 1.54) is 6.92 Å². The lowest BCUT2D eigenvalue weighted by atomic mass is 10.2. The number of carbonyl (C=O) groups excluding carboxylic acids is 2. The molecule has 2 amide bonds. The predicted molar refractivity (Wildman–Crippen MR) is 93.6 cm³/mol. The molecule has 0 fully saturated rings. The fourth-order valence-corrected chi connectivity index (χ4v) is 2.88. The number of anilines is 2. The number of nitrogens with zero attached hydrogens (tertiary/aromatic N) is 2. The summed E-state index contributed by atoms with van der Waals surface area (Å²) in [6.07, 6.45) is -0.813. The molecule has 3 aromatic rings. The number of aromatic amines is 1. The maximum absolute atomic E-state index is 12.6. The van der Waals surface area contributed by atoms with E-state index >= 15 is 0 Å². The summed E-state index contributed by atoms with van der Waals surface area (Å²) in [5, 5.41) is 2.72. The van der Waals surface area contributed by atoms with Gasteiger partial charge in [-0.2, -0.15) is 0 Å². The molecule has 0 unspecified atom stereocenters. The molecular formula is C18H16N4O3. The fourth-order valence-electron chi connectivity index (χ4n) is 2.88.